The van der Waals surface area contributed by atoms with E-state index in [0.717, 1.165) is 5.56 Å². The molecule has 0 aromatic heterocycles. The summed E-state index contributed by atoms with van der Waals surface area (Å²) >= 11 is 0. The number of benzene rings is 1. The van der Waals surface area contributed by atoms with E-state index in [0.29, 0.717) is 0 Å². The van der Waals surface area contributed by atoms with E-state index in [4.69, 9.17) is 9.47 Å². The van der Waals surface area contributed by atoms with E-state index < -0.39 is 18.6 Å². The van der Waals surface area contributed by atoms with Crippen molar-refractivity contribution in [1.29, 1.82) is 0 Å². The summed E-state index contributed by atoms with van der Waals surface area (Å²) in [6.07, 6.45) is -2.76. The summed E-state index contributed by atoms with van der Waals surface area (Å²) in [6.45, 7) is 1.96. The maximum atomic E-state index is 12.3. The van der Waals surface area contributed by atoms with E-state index in [2.05, 4.69) is 5.32 Å². The van der Waals surface area contributed by atoms with Crippen molar-refractivity contribution in [1.82, 2.24) is 15.1 Å². The minimum Gasteiger partial charge on any atom is -0.346 e. The van der Waals surface area contributed by atoms with Crippen molar-refractivity contribution in [2.75, 3.05) is 28.2 Å². The van der Waals surface area contributed by atoms with Gasteiger partial charge in [-0.05, 0) is 12.5 Å². The van der Waals surface area contributed by atoms with E-state index >= 15 is 0 Å². The summed E-state index contributed by atoms with van der Waals surface area (Å²) in [6, 6.07) is 9.74. The number of nitrogens with one attached hydrogen (secondary N) is 1. The smallest absolute Gasteiger partial charge is 0.254 e. The minimum absolute atomic E-state index is 0.0560. The highest BCUT2D eigenvalue weighted by Gasteiger charge is 2.46. The Hall–Kier alpha value is -1.96. The molecule has 1 saturated heterocycles. The third-order valence-corrected chi connectivity index (χ3v) is 3.87. The Kier molecular flexibility index (Phi) is 5.93. The Balaban J connectivity index is 2.10. The molecule has 0 radical (unpaired) electrons. The number of likely N-dealkylation sites (N-methyl/N-ethyl adjacent to an activating group) is 2. The van der Waals surface area contributed by atoms with E-state index in [1.54, 1.807) is 28.2 Å². The van der Waals surface area contributed by atoms with E-state index in [-0.39, 0.29) is 17.9 Å². The number of carbonyl (C=O) groups excluding carboxylic acids is 2. The highest BCUT2D eigenvalue weighted by Crippen LogP contribution is 2.23. The number of rotatable bonds is 5. The highest BCUT2D eigenvalue weighted by atomic mass is 16.8. The standard InChI is InChI=1S/C17H25N3O4/c1-11(12-9-7-6-8-10-12)18-17-23-13(15(21)19(2)3)14(24-17)16(22)20(4)5/h6-11,13-14,17-18H,1-5H3/t11?,13-,14-/m0/s1. The van der Waals surface area contributed by atoms with Gasteiger partial charge >= 0.3 is 0 Å². The summed E-state index contributed by atoms with van der Waals surface area (Å²) in [5, 5.41) is 3.16. The van der Waals surface area contributed by atoms with Crippen molar-refractivity contribution in [3.8, 4) is 0 Å². The number of hydrogen-bond acceptors (Lipinski definition) is 5. The minimum atomic E-state index is -0.963. The zero-order valence-electron chi connectivity index (χ0n) is 14.7. The molecule has 132 valence electrons. The molecule has 0 bridgehead atoms. The molecule has 2 amide bonds. The van der Waals surface area contributed by atoms with Crippen LogP contribution in [0.15, 0.2) is 30.3 Å². The first-order valence-corrected chi connectivity index (χ1v) is 7.85. The van der Waals surface area contributed by atoms with Crippen molar-refractivity contribution in [2.45, 2.75) is 31.6 Å². The van der Waals surface area contributed by atoms with Crippen LogP contribution in [0.1, 0.15) is 18.5 Å². The quantitative estimate of drug-likeness (QED) is 0.852. The van der Waals surface area contributed by atoms with E-state index in [9.17, 15) is 9.59 Å². The van der Waals surface area contributed by atoms with Crippen LogP contribution in [-0.2, 0) is 19.1 Å². The van der Waals surface area contributed by atoms with Gasteiger partial charge in [0.15, 0.2) is 12.2 Å². The Morgan fingerprint density at radius 1 is 0.958 bits per heavy atom. The molecular weight excluding hydrogens is 310 g/mol. The first-order chi connectivity index (χ1) is 11.3. The van der Waals surface area contributed by atoms with E-state index in [1.165, 1.54) is 9.80 Å². The van der Waals surface area contributed by atoms with Gasteiger partial charge in [-0.15, -0.1) is 0 Å². The normalized spacial score (nSPS) is 22.2. The lowest BCUT2D eigenvalue weighted by atomic mass is 10.1. The maximum absolute atomic E-state index is 12.3. The van der Waals surface area contributed by atoms with Crippen LogP contribution in [0.25, 0.3) is 0 Å². The van der Waals surface area contributed by atoms with Crippen LogP contribution in [-0.4, -0.2) is 68.4 Å². The third-order valence-electron chi connectivity index (χ3n) is 3.87. The first kappa shape index (κ1) is 18.4. The second-order valence-corrected chi connectivity index (χ2v) is 6.21. The van der Waals surface area contributed by atoms with Crippen molar-refractivity contribution in [2.24, 2.45) is 0 Å². The largest absolute Gasteiger partial charge is 0.346 e. The van der Waals surface area contributed by atoms with Crippen molar-refractivity contribution >= 4 is 11.8 Å². The molecule has 1 N–H and O–H groups in total. The molecule has 7 heteroatoms. The Bertz CT molecular complexity index is 548. The Morgan fingerprint density at radius 3 is 1.83 bits per heavy atom. The SMILES string of the molecule is CC(NC1O[C@H](C(=O)N(C)C)[C@@H](C(=O)N(C)C)O1)c1ccccc1. The van der Waals surface area contributed by atoms with Gasteiger partial charge in [0.2, 0.25) is 6.41 Å². The number of ether oxygens (including phenoxy) is 2. The average Bonchev–Trinajstić information content (AvgIpc) is 2.97. The summed E-state index contributed by atoms with van der Waals surface area (Å²) in [7, 11) is 6.49. The summed E-state index contributed by atoms with van der Waals surface area (Å²) < 4.78 is 11.4. The summed E-state index contributed by atoms with van der Waals surface area (Å²) in [4.78, 5) is 27.4. The van der Waals surface area contributed by atoms with Gasteiger partial charge in [-0.2, -0.15) is 0 Å². The average molecular weight is 335 g/mol. The fourth-order valence-corrected chi connectivity index (χ4v) is 2.45. The second-order valence-electron chi connectivity index (χ2n) is 6.21. The highest BCUT2D eigenvalue weighted by molar-refractivity contribution is 5.91. The van der Waals surface area contributed by atoms with Gasteiger partial charge in [-0.1, -0.05) is 30.3 Å². The van der Waals surface area contributed by atoms with Crippen molar-refractivity contribution in [3.05, 3.63) is 35.9 Å². The monoisotopic (exact) mass is 335 g/mol. The van der Waals surface area contributed by atoms with Crippen LogP contribution in [0.3, 0.4) is 0 Å². The molecular formula is C17H25N3O4. The van der Waals surface area contributed by atoms with Gasteiger partial charge in [0.05, 0.1) is 0 Å². The molecule has 3 atom stereocenters. The fourth-order valence-electron chi connectivity index (χ4n) is 2.45. The molecule has 2 rings (SSSR count). The number of nitrogens with zero attached hydrogens (tertiary/aromatic N) is 2. The maximum Gasteiger partial charge on any atom is 0.254 e. The van der Waals surface area contributed by atoms with Crippen LogP contribution in [0, 0.1) is 0 Å². The van der Waals surface area contributed by atoms with Crippen LogP contribution >= 0.6 is 0 Å². The van der Waals surface area contributed by atoms with Gasteiger partial charge in [-0.3, -0.25) is 14.9 Å². The lowest BCUT2D eigenvalue weighted by Crippen LogP contribution is -2.47. The molecule has 1 aliphatic heterocycles. The number of hydrogen-bond donors (Lipinski definition) is 1. The molecule has 1 heterocycles. The topological polar surface area (TPSA) is 71.1 Å². The Morgan fingerprint density at radius 2 is 1.42 bits per heavy atom. The van der Waals surface area contributed by atoms with Crippen molar-refractivity contribution in [3.63, 3.8) is 0 Å². The van der Waals surface area contributed by atoms with Gasteiger partial charge < -0.3 is 19.3 Å². The molecule has 1 aliphatic rings. The third kappa shape index (κ3) is 4.11. The van der Waals surface area contributed by atoms with Crippen LogP contribution in [0.2, 0.25) is 0 Å². The van der Waals surface area contributed by atoms with E-state index in [1.807, 2.05) is 37.3 Å². The lowest BCUT2D eigenvalue weighted by Gasteiger charge is -2.21. The summed E-state index contributed by atoms with van der Waals surface area (Å²) in [5.41, 5.74) is 1.06. The van der Waals surface area contributed by atoms with Gasteiger partial charge in [-0.25, -0.2) is 0 Å². The molecule has 1 aromatic carbocycles. The molecule has 1 unspecified atom stereocenters. The number of carbonyl (C=O) groups is 2. The predicted molar refractivity (Wildman–Crippen MR) is 88.9 cm³/mol. The predicted octanol–water partition coefficient (Wildman–Crippen LogP) is 0.581. The fraction of sp³-hybridized carbons (Fsp3) is 0.529. The lowest BCUT2D eigenvalue weighted by molar-refractivity contribution is -0.146. The number of amides is 2. The van der Waals surface area contributed by atoms with Crippen LogP contribution in [0.4, 0.5) is 0 Å². The molecule has 0 saturated carbocycles. The second kappa shape index (κ2) is 7.74. The zero-order chi connectivity index (χ0) is 17.9. The zero-order valence-corrected chi connectivity index (χ0v) is 14.7. The van der Waals surface area contributed by atoms with Crippen LogP contribution in [0.5, 0.6) is 0 Å². The van der Waals surface area contributed by atoms with Crippen LogP contribution < -0.4 is 5.32 Å². The molecule has 7 nitrogen and oxygen atoms in total. The van der Waals surface area contributed by atoms with Crippen molar-refractivity contribution < 1.29 is 19.1 Å². The van der Waals surface area contributed by atoms with Gasteiger partial charge in [0, 0.05) is 34.2 Å². The molecule has 1 aromatic rings. The molecule has 0 spiro atoms. The summed E-state index contributed by atoms with van der Waals surface area (Å²) in [5.74, 6) is -0.598. The molecule has 1 fully saturated rings. The molecule has 0 aliphatic carbocycles. The Labute approximate surface area is 142 Å². The van der Waals surface area contributed by atoms with Gasteiger partial charge in [0.1, 0.15) is 0 Å². The molecule has 24 heavy (non-hydrogen) atoms. The first-order valence-electron chi connectivity index (χ1n) is 7.85. The van der Waals surface area contributed by atoms with Gasteiger partial charge in [0.25, 0.3) is 11.8 Å².